The Morgan fingerprint density at radius 3 is 2.04 bits per heavy atom. The summed E-state index contributed by atoms with van der Waals surface area (Å²) in [5.74, 6) is -0.741. The van der Waals surface area contributed by atoms with E-state index in [-0.39, 0.29) is 5.41 Å². The summed E-state index contributed by atoms with van der Waals surface area (Å²) in [7, 11) is 0. The van der Waals surface area contributed by atoms with E-state index >= 15 is 0 Å². The first-order valence-corrected chi connectivity index (χ1v) is 9.41. The molecule has 1 saturated heterocycles. The molecule has 0 radical (unpaired) electrons. The molecule has 4 heteroatoms. The zero-order valence-electron chi connectivity index (χ0n) is 16.2. The fourth-order valence-corrected chi connectivity index (χ4v) is 3.50. The van der Waals surface area contributed by atoms with Crippen molar-refractivity contribution in [2.75, 3.05) is 13.2 Å². The van der Waals surface area contributed by atoms with Crippen LogP contribution in [0.1, 0.15) is 31.9 Å². The Labute approximate surface area is 160 Å². The number of nitrogens with zero attached hydrogens (tertiary/aromatic N) is 2. The molecule has 0 atom stereocenters. The average molecular weight is 362 g/mol. The highest BCUT2D eigenvalue weighted by molar-refractivity contribution is 5.64. The standard InChI is InChI=1S/C23H26N2O2/c1-22(2,3)20-8-4-18(5-9-20)19-6-10-21(11-7-19)23(26-14-15-27-23)16-25-13-12-24-17-25/h4-13,17H,14-16H2,1-3H3. The Bertz CT molecular complexity index is 870. The highest BCUT2D eigenvalue weighted by Gasteiger charge is 2.39. The molecule has 2 heterocycles. The summed E-state index contributed by atoms with van der Waals surface area (Å²) in [5.41, 5.74) is 4.94. The van der Waals surface area contributed by atoms with Gasteiger partial charge in [0, 0.05) is 18.0 Å². The van der Waals surface area contributed by atoms with E-state index in [9.17, 15) is 0 Å². The molecule has 3 aromatic rings. The van der Waals surface area contributed by atoms with E-state index in [1.54, 1.807) is 12.5 Å². The van der Waals surface area contributed by atoms with Crippen LogP contribution in [-0.2, 0) is 27.2 Å². The van der Waals surface area contributed by atoms with Crippen molar-refractivity contribution in [3.8, 4) is 11.1 Å². The van der Waals surface area contributed by atoms with Crippen LogP contribution in [0.3, 0.4) is 0 Å². The van der Waals surface area contributed by atoms with E-state index in [4.69, 9.17) is 9.47 Å². The first-order valence-electron chi connectivity index (χ1n) is 9.41. The van der Waals surface area contributed by atoms with Gasteiger partial charge in [0.05, 0.1) is 26.1 Å². The maximum Gasteiger partial charge on any atom is 0.213 e. The lowest BCUT2D eigenvalue weighted by Gasteiger charge is -2.28. The summed E-state index contributed by atoms with van der Waals surface area (Å²) in [6.45, 7) is 8.50. The molecule has 0 spiro atoms. The Kier molecular flexibility index (Phi) is 4.62. The molecule has 0 N–H and O–H groups in total. The zero-order chi connectivity index (χ0) is 18.9. The highest BCUT2D eigenvalue weighted by atomic mass is 16.7. The van der Waals surface area contributed by atoms with Crippen LogP contribution in [0.4, 0.5) is 0 Å². The fourth-order valence-electron chi connectivity index (χ4n) is 3.50. The van der Waals surface area contributed by atoms with Crippen molar-refractivity contribution in [3.05, 3.63) is 78.4 Å². The Hall–Kier alpha value is -2.43. The minimum Gasteiger partial charge on any atom is -0.342 e. The van der Waals surface area contributed by atoms with E-state index in [0.717, 1.165) is 5.56 Å². The van der Waals surface area contributed by atoms with Gasteiger partial charge in [-0.15, -0.1) is 0 Å². The molecule has 1 fully saturated rings. The molecular weight excluding hydrogens is 336 g/mol. The van der Waals surface area contributed by atoms with Crippen LogP contribution in [0.2, 0.25) is 0 Å². The van der Waals surface area contributed by atoms with Gasteiger partial charge in [-0.25, -0.2) is 4.98 Å². The first kappa shape index (κ1) is 18.0. The van der Waals surface area contributed by atoms with Gasteiger partial charge in [0.1, 0.15) is 0 Å². The normalized spacial score (nSPS) is 16.6. The molecule has 2 aromatic carbocycles. The molecule has 1 aliphatic rings. The molecule has 0 aliphatic carbocycles. The summed E-state index contributed by atoms with van der Waals surface area (Å²) in [6.07, 6.45) is 5.49. The zero-order valence-corrected chi connectivity index (χ0v) is 16.2. The van der Waals surface area contributed by atoms with Crippen LogP contribution in [-0.4, -0.2) is 22.8 Å². The number of aromatic nitrogens is 2. The Morgan fingerprint density at radius 1 is 0.926 bits per heavy atom. The van der Waals surface area contributed by atoms with Gasteiger partial charge in [-0.3, -0.25) is 0 Å². The van der Waals surface area contributed by atoms with Gasteiger partial charge < -0.3 is 14.0 Å². The lowest BCUT2D eigenvalue weighted by molar-refractivity contribution is -0.176. The van der Waals surface area contributed by atoms with E-state index in [1.165, 1.54) is 16.7 Å². The first-order chi connectivity index (χ1) is 13.0. The van der Waals surface area contributed by atoms with Gasteiger partial charge in [0.15, 0.2) is 0 Å². The predicted molar refractivity (Wildman–Crippen MR) is 106 cm³/mol. The maximum atomic E-state index is 6.03. The van der Waals surface area contributed by atoms with E-state index in [1.807, 2.05) is 10.8 Å². The van der Waals surface area contributed by atoms with Crippen molar-refractivity contribution in [2.45, 2.75) is 38.5 Å². The predicted octanol–water partition coefficient (Wildman–Crippen LogP) is 4.75. The highest BCUT2D eigenvalue weighted by Crippen LogP contribution is 2.35. The Morgan fingerprint density at radius 2 is 1.52 bits per heavy atom. The van der Waals surface area contributed by atoms with E-state index < -0.39 is 5.79 Å². The number of imidazole rings is 1. The maximum absolute atomic E-state index is 6.03. The third kappa shape index (κ3) is 3.68. The van der Waals surface area contributed by atoms with E-state index in [0.29, 0.717) is 19.8 Å². The fraction of sp³-hybridized carbons (Fsp3) is 0.348. The molecule has 1 aliphatic heterocycles. The molecule has 4 nitrogen and oxygen atoms in total. The summed E-state index contributed by atoms with van der Waals surface area (Å²) in [6, 6.07) is 17.3. The quantitative estimate of drug-likeness (QED) is 0.672. The number of benzene rings is 2. The Balaban J connectivity index is 1.59. The van der Waals surface area contributed by atoms with Gasteiger partial charge in [-0.1, -0.05) is 69.3 Å². The number of hydrogen-bond acceptors (Lipinski definition) is 3. The summed E-state index contributed by atoms with van der Waals surface area (Å²) < 4.78 is 14.0. The summed E-state index contributed by atoms with van der Waals surface area (Å²) in [5, 5.41) is 0. The van der Waals surface area contributed by atoms with Crippen molar-refractivity contribution >= 4 is 0 Å². The van der Waals surface area contributed by atoms with Crippen LogP contribution in [0.15, 0.2) is 67.3 Å². The SMILES string of the molecule is CC(C)(C)c1ccc(-c2ccc(C3(Cn4ccnc4)OCCO3)cc2)cc1. The summed E-state index contributed by atoms with van der Waals surface area (Å²) in [4.78, 5) is 4.12. The van der Waals surface area contributed by atoms with Crippen molar-refractivity contribution in [1.82, 2.24) is 9.55 Å². The van der Waals surface area contributed by atoms with Gasteiger partial charge in [-0.2, -0.15) is 0 Å². The second-order valence-corrected chi connectivity index (χ2v) is 8.09. The number of rotatable bonds is 4. The van der Waals surface area contributed by atoms with Crippen molar-refractivity contribution < 1.29 is 9.47 Å². The average Bonchev–Trinajstić information content (AvgIpc) is 3.34. The largest absolute Gasteiger partial charge is 0.342 e. The lowest BCUT2D eigenvalue weighted by Crippen LogP contribution is -2.32. The lowest BCUT2D eigenvalue weighted by atomic mass is 9.86. The van der Waals surface area contributed by atoms with Crippen LogP contribution in [0, 0.1) is 0 Å². The van der Waals surface area contributed by atoms with Crippen molar-refractivity contribution in [1.29, 1.82) is 0 Å². The third-order valence-electron chi connectivity index (χ3n) is 5.11. The smallest absolute Gasteiger partial charge is 0.213 e. The van der Waals surface area contributed by atoms with Crippen LogP contribution in [0.25, 0.3) is 11.1 Å². The molecule has 27 heavy (non-hydrogen) atoms. The molecule has 0 bridgehead atoms. The second kappa shape index (κ2) is 6.95. The van der Waals surface area contributed by atoms with Gasteiger partial charge >= 0.3 is 0 Å². The molecule has 4 rings (SSSR count). The number of ether oxygens (including phenoxy) is 2. The minimum absolute atomic E-state index is 0.166. The van der Waals surface area contributed by atoms with Crippen molar-refractivity contribution in [3.63, 3.8) is 0 Å². The molecule has 0 amide bonds. The minimum atomic E-state index is -0.741. The third-order valence-corrected chi connectivity index (χ3v) is 5.11. The second-order valence-electron chi connectivity index (χ2n) is 8.09. The summed E-state index contributed by atoms with van der Waals surface area (Å²) >= 11 is 0. The van der Waals surface area contributed by atoms with Gasteiger partial charge in [0.2, 0.25) is 5.79 Å². The molecule has 0 unspecified atom stereocenters. The monoisotopic (exact) mass is 362 g/mol. The molecule has 0 saturated carbocycles. The van der Waals surface area contributed by atoms with Crippen LogP contribution < -0.4 is 0 Å². The number of hydrogen-bond donors (Lipinski definition) is 0. The molecule has 140 valence electrons. The van der Waals surface area contributed by atoms with Crippen LogP contribution >= 0.6 is 0 Å². The topological polar surface area (TPSA) is 36.3 Å². The van der Waals surface area contributed by atoms with Crippen molar-refractivity contribution in [2.24, 2.45) is 0 Å². The molecule has 1 aromatic heterocycles. The van der Waals surface area contributed by atoms with Gasteiger partial charge in [-0.05, 0) is 22.1 Å². The molecular formula is C23H26N2O2. The van der Waals surface area contributed by atoms with E-state index in [2.05, 4.69) is 74.3 Å². The van der Waals surface area contributed by atoms with Gasteiger partial charge in [0.25, 0.3) is 0 Å². The van der Waals surface area contributed by atoms with Crippen LogP contribution in [0.5, 0.6) is 0 Å².